The van der Waals surface area contributed by atoms with Crippen LogP contribution in [-0.2, 0) is 4.79 Å². The lowest BCUT2D eigenvalue weighted by Crippen LogP contribution is -2.32. The molecule has 0 aliphatic rings. The number of hydrogen-bond acceptors (Lipinski definition) is 6. The van der Waals surface area contributed by atoms with Crippen molar-refractivity contribution < 1.29 is 23.1 Å². The van der Waals surface area contributed by atoms with Gasteiger partial charge in [0.2, 0.25) is 5.91 Å². The van der Waals surface area contributed by atoms with E-state index in [1.807, 2.05) is 6.92 Å². The van der Waals surface area contributed by atoms with Crippen molar-refractivity contribution >= 4 is 39.6 Å². The Morgan fingerprint density at radius 1 is 1.21 bits per heavy atom. The molecule has 0 bridgehead atoms. The molecule has 10 heteroatoms. The maximum atomic E-state index is 12.2. The molecule has 0 radical (unpaired) electrons. The molecule has 3 rings (SSSR count). The van der Waals surface area contributed by atoms with E-state index in [0.29, 0.717) is 21.3 Å². The first-order chi connectivity index (χ1) is 13.4. The summed E-state index contributed by atoms with van der Waals surface area (Å²) in [4.78, 5) is 29.6. The minimum Gasteiger partial charge on any atom is -0.435 e. The van der Waals surface area contributed by atoms with Crippen molar-refractivity contribution in [1.82, 2.24) is 10.3 Å². The van der Waals surface area contributed by atoms with Gasteiger partial charge in [0, 0.05) is 10.4 Å². The fourth-order valence-electron chi connectivity index (χ4n) is 2.33. The molecule has 1 aromatic carbocycles. The van der Waals surface area contributed by atoms with Gasteiger partial charge in [-0.3, -0.25) is 9.59 Å². The van der Waals surface area contributed by atoms with Crippen LogP contribution in [0.2, 0.25) is 0 Å². The molecular formula is C18H15F2N3O3S2. The Hall–Kier alpha value is -2.85. The molecule has 0 saturated carbocycles. The van der Waals surface area contributed by atoms with Gasteiger partial charge in [0.05, 0.1) is 17.1 Å². The van der Waals surface area contributed by atoms with Crippen molar-refractivity contribution in [1.29, 1.82) is 0 Å². The number of carbonyl (C=O) groups excluding carboxylic acids is 2. The molecule has 3 aromatic rings. The van der Waals surface area contributed by atoms with Crippen LogP contribution < -0.4 is 15.4 Å². The number of hydrogen-bond donors (Lipinski definition) is 2. The smallest absolute Gasteiger partial charge is 0.387 e. The normalized spacial score (nSPS) is 10.7. The van der Waals surface area contributed by atoms with Gasteiger partial charge in [0.25, 0.3) is 5.91 Å². The summed E-state index contributed by atoms with van der Waals surface area (Å²) >= 11 is 2.57. The molecule has 0 aliphatic carbocycles. The number of thiazole rings is 1. The largest absolute Gasteiger partial charge is 0.435 e. The van der Waals surface area contributed by atoms with E-state index in [2.05, 4.69) is 20.4 Å². The van der Waals surface area contributed by atoms with Crippen LogP contribution in [0.3, 0.4) is 0 Å². The molecule has 2 N–H and O–H groups in total. The summed E-state index contributed by atoms with van der Waals surface area (Å²) < 4.78 is 28.8. The Kier molecular flexibility index (Phi) is 6.32. The van der Waals surface area contributed by atoms with Gasteiger partial charge < -0.3 is 15.4 Å². The van der Waals surface area contributed by atoms with Crippen LogP contribution in [0.1, 0.15) is 14.5 Å². The third kappa shape index (κ3) is 5.11. The fourth-order valence-corrected chi connectivity index (χ4v) is 3.82. The van der Waals surface area contributed by atoms with Gasteiger partial charge in [0.15, 0.2) is 5.13 Å². The van der Waals surface area contributed by atoms with Crippen LogP contribution in [-0.4, -0.2) is 30.0 Å². The molecule has 6 nitrogen and oxygen atoms in total. The van der Waals surface area contributed by atoms with Gasteiger partial charge >= 0.3 is 6.61 Å². The van der Waals surface area contributed by atoms with Crippen LogP contribution in [0.4, 0.5) is 13.9 Å². The fraction of sp³-hybridized carbons (Fsp3) is 0.167. The van der Waals surface area contributed by atoms with E-state index in [-0.39, 0.29) is 18.2 Å². The maximum Gasteiger partial charge on any atom is 0.387 e. The lowest BCUT2D eigenvalue weighted by molar-refractivity contribution is -0.115. The zero-order valence-corrected chi connectivity index (χ0v) is 16.2. The SMILES string of the molecule is Cc1sc(NC(=O)CNC(=O)c2cccs2)nc1-c1ccc(OC(F)F)cc1. The zero-order chi connectivity index (χ0) is 20.1. The van der Waals surface area contributed by atoms with Crippen molar-refractivity contribution in [2.45, 2.75) is 13.5 Å². The van der Waals surface area contributed by atoms with E-state index in [1.165, 1.54) is 34.8 Å². The van der Waals surface area contributed by atoms with E-state index in [9.17, 15) is 18.4 Å². The molecule has 2 amide bonds. The van der Waals surface area contributed by atoms with Crippen LogP contribution in [0, 0.1) is 6.92 Å². The molecular weight excluding hydrogens is 408 g/mol. The molecule has 2 aromatic heterocycles. The molecule has 0 spiro atoms. The molecule has 0 aliphatic heterocycles. The number of nitrogens with one attached hydrogen (secondary N) is 2. The average molecular weight is 423 g/mol. The number of halogens is 2. The summed E-state index contributed by atoms with van der Waals surface area (Å²) in [5.74, 6) is -0.653. The Morgan fingerprint density at radius 2 is 1.96 bits per heavy atom. The summed E-state index contributed by atoms with van der Waals surface area (Å²) in [7, 11) is 0. The minimum absolute atomic E-state index is 0.0571. The number of nitrogens with zero attached hydrogens (tertiary/aromatic N) is 1. The van der Waals surface area contributed by atoms with E-state index >= 15 is 0 Å². The van der Waals surface area contributed by atoms with Crippen molar-refractivity contribution in [3.63, 3.8) is 0 Å². The van der Waals surface area contributed by atoms with Crippen molar-refractivity contribution in [3.05, 3.63) is 51.5 Å². The van der Waals surface area contributed by atoms with Gasteiger partial charge in [0.1, 0.15) is 5.75 Å². The maximum absolute atomic E-state index is 12.2. The Labute approximate surface area is 167 Å². The monoisotopic (exact) mass is 423 g/mol. The van der Waals surface area contributed by atoms with Crippen LogP contribution >= 0.6 is 22.7 Å². The van der Waals surface area contributed by atoms with Crippen molar-refractivity contribution in [2.24, 2.45) is 0 Å². The lowest BCUT2D eigenvalue weighted by Gasteiger charge is -2.05. The predicted octanol–water partition coefficient (Wildman–Crippen LogP) is 4.15. The second-order valence-electron chi connectivity index (χ2n) is 5.53. The number of alkyl halides is 2. The summed E-state index contributed by atoms with van der Waals surface area (Å²) in [6.07, 6.45) is 0. The third-order valence-corrected chi connectivity index (χ3v) is 5.31. The van der Waals surface area contributed by atoms with Crippen LogP contribution in [0.15, 0.2) is 41.8 Å². The topological polar surface area (TPSA) is 80.3 Å². The highest BCUT2D eigenvalue weighted by Gasteiger charge is 2.14. The van der Waals surface area contributed by atoms with Gasteiger partial charge in [-0.2, -0.15) is 8.78 Å². The van der Waals surface area contributed by atoms with Crippen LogP contribution in [0.25, 0.3) is 11.3 Å². The van der Waals surface area contributed by atoms with E-state index in [4.69, 9.17) is 0 Å². The van der Waals surface area contributed by atoms with Gasteiger partial charge in [-0.1, -0.05) is 6.07 Å². The number of aromatic nitrogens is 1. The first-order valence-corrected chi connectivity index (χ1v) is 9.76. The molecule has 0 unspecified atom stereocenters. The standard InChI is InChI=1S/C18H15F2N3O3S2/c1-10-15(11-4-6-12(7-5-11)26-17(19)20)23-18(28-10)22-14(24)9-21-16(25)13-3-2-8-27-13/h2-8,17H,9H2,1H3,(H,21,25)(H,22,23,24). The number of benzene rings is 1. The Balaban J connectivity index is 1.60. The quantitative estimate of drug-likeness (QED) is 0.598. The molecule has 0 fully saturated rings. The predicted molar refractivity (Wildman–Crippen MR) is 104 cm³/mol. The molecule has 28 heavy (non-hydrogen) atoms. The Morgan fingerprint density at radius 3 is 2.61 bits per heavy atom. The highest BCUT2D eigenvalue weighted by molar-refractivity contribution is 7.16. The summed E-state index contributed by atoms with van der Waals surface area (Å²) in [6, 6.07) is 9.52. The van der Waals surface area contributed by atoms with Crippen molar-refractivity contribution in [3.8, 4) is 17.0 Å². The summed E-state index contributed by atoms with van der Waals surface area (Å²) in [5.41, 5.74) is 1.34. The first kappa shape index (κ1) is 19.9. The molecule has 0 saturated heterocycles. The van der Waals surface area contributed by atoms with E-state index in [0.717, 1.165) is 4.88 Å². The Bertz CT molecular complexity index is 957. The summed E-state index contributed by atoms with van der Waals surface area (Å²) in [6.45, 7) is -1.22. The second-order valence-corrected chi connectivity index (χ2v) is 7.69. The first-order valence-electron chi connectivity index (χ1n) is 8.06. The highest BCUT2D eigenvalue weighted by Crippen LogP contribution is 2.31. The average Bonchev–Trinajstić information content (AvgIpc) is 3.30. The molecule has 0 atom stereocenters. The number of anilines is 1. The number of amides is 2. The summed E-state index contributed by atoms with van der Waals surface area (Å²) in [5, 5.41) is 7.35. The minimum atomic E-state index is -2.88. The van der Waals surface area contributed by atoms with Crippen molar-refractivity contribution in [2.75, 3.05) is 11.9 Å². The highest BCUT2D eigenvalue weighted by atomic mass is 32.1. The third-order valence-electron chi connectivity index (χ3n) is 3.55. The van der Waals surface area contributed by atoms with Gasteiger partial charge in [-0.05, 0) is 42.6 Å². The number of ether oxygens (including phenoxy) is 1. The van der Waals surface area contributed by atoms with Crippen LogP contribution in [0.5, 0.6) is 5.75 Å². The lowest BCUT2D eigenvalue weighted by atomic mass is 10.1. The van der Waals surface area contributed by atoms with Gasteiger partial charge in [-0.15, -0.1) is 22.7 Å². The molecule has 146 valence electrons. The van der Waals surface area contributed by atoms with Gasteiger partial charge in [-0.25, -0.2) is 4.98 Å². The number of rotatable bonds is 7. The zero-order valence-electron chi connectivity index (χ0n) is 14.6. The number of thiophene rings is 1. The number of aryl methyl sites for hydroxylation is 1. The molecule has 2 heterocycles. The second kappa shape index (κ2) is 8.89. The number of carbonyl (C=O) groups is 2. The van der Waals surface area contributed by atoms with E-state index < -0.39 is 12.5 Å². The van der Waals surface area contributed by atoms with E-state index in [1.54, 1.807) is 29.6 Å².